The Labute approximate surface area is 119 Å². The quantitative estimate of drug-likeness (QED) is 0.875. The summed E-state index contributed by atoms with van der Waals surface area (Å²) in [5.74, 6) is -0.754. The molecule has 1 aromatic rings. The number of sulfone groups is 1. The number of aliphatic carboxylic acids is 1. The first kappa shape index (κ1) is 15.0. The Morgan fingerprint density at radius 1 is 1.35 bits per heavy atom. The van der Waals surface area contributed by atoms with Crippen molar-refractivity contribution in [2.45, 2.75) is 25.4 Å². The monoisotopic (exact) mass is 297 g/mol. The standard InChI is InChI=1S/C14H19NO4S/c1-20(18,19)8-4-7-15-10-12-6-3-2-5-11(12)9-13(15)14(16)17/h2-3,5-6,13H,4,7-10H2,1H3,(H,16,17)/t13-/m0/s1. The minimum atomic E-state index is -3.00. The highest BCUT2D eigenvalue weighted by molar-refractivity contribution is 7.90. The summed E-state index contributed by atoms with van der Waals surface area (Å²) in [5.41, 5.74) is 2.20. The molecule has 1 atom stereocenters. The zero-order valence-electron chi connectivity index (χ0n) is 11.4. The number of fused-ring (bicyclic) bond motifs is 1. The van der Waals surface area contributed by atoms with Gasteiger partial charge in [-0.25, -0.2) is 8.42 Å². The minimum Gasteiger partial charge on any atom is -0.480 e. The number of nitrogens with zero attached hydrogens (tertiary/aromatic N) is 1. The van der Waals surface area contributed by atoms with Crippen LogP contribution < -0.4 is 0 Å². The van der Waals surface area contributed by atoms with Crippen molar-refractivity contribution in [1.82, 2.24) is 4.90 Å². The zero-order chi connectivity index (χ0) is 14.8. The molecule has 5 nitrogen and oxygen atoms in total. The van der Waals surface area contributed by atoms with Gasteiger partial charge < -0.3 is 5.11 Å². The van der Waals surface area contributed by atoms with Gasteiger partial charge in [-0.3, -0.25) is 9.69 Å². The van der Waals surface area contributed by atoms with Crippen molar-refractivity contribution in [3.05, 3.63) is 35.4 Å². The molecule has 1 heterocycles. The molecular formula is C14H19NO4S. The summed E-state index contributed by atoms with van der Waals surface area (Å²) in [4.78, 5) is 13.2. The smallest absolute Gasteiger partial charge is 0.321 e. The maximum absolute atomic E-state index is 11.4. The molecule has 2 rings (SSSR count). The van der Waals surface area contributed by atoms with Crippen LogP contribution in [-0.4, -0.2) is 49.0 Å². The third-order valence-electron chi connectivity index (χ3n) is 3.59. The fourth-order valence-corrected chi connectivity index (χ4v) is 3.24. The number of hydrogen-bond acceptors (Lipinski definition) is 4. The fourth-order valence-electron chi connectivity index (χ4n) is 2.59. The van der Waals surface area contributed by atoms with E-state index in [2.05, 4.69) is 0 Å². The van der Waals surface area contributed by atoms with Gasteiger partial charge in [0, 0.05) is 19.3 Å². The summed E-state index contributed by atoms with van der Waals surface area (Å²) >= 11 is 0. The van der Waals surface area contributed by atoms with Crippen LogP contribution in [0.5, 0.6) is 0 Å². The molecule has 6 heteroatoms. The Hall–Kier alpha value is -1.40. The molecule has 1 aliphatic heterocycles. The molecule has 0 unspecified atom stereocenters. The van der Waals surface area contributed by atoms with E-state index in [-0.39, 0.29) is 5.75 Å². The van der Waals surface area contributed by atoms with Crippen LogP contribution in [0, 0.1) is 0 Å². The lowest BCUT2D eigenvalue weighted by molar-refractivity contribution is -0.143. The van der Waals surface area contributed by atoms with E-state index < -0.39 is 21.8 Å². The molecule has 0 fully saturated rings. The zero-order valence-corrected chi connectivity index (χ0v) is 12.3. The van der Waals surface area contributed by atoms with E-state index in [1.54, 1.807) is 0 Å². The van der Waals surface area contributed by atoms with Crippen LogP contribution in [0.25, 0.3) is 0 Å². The average molecular weight is 297 g/mol. The Bertz CT molecular complexity index is 597. The molecule has 1 aliphatic rings. The van der Waals surface area contributed by atoms with Gasteiger partial charge in [0.1, 0.15) is 15.9 Å². The summed E-state index contributed by atoms with van der Waals surface area (Å²) in [5, 5.41) is 9.33. The van der Waals surface area contributed by atoms with Gasteiger partial charge in [0.05, 0.1) is 5.75 Å². The molecule has 0 aliphatic carbocycles. The molecule has 0 saturated carbocycles. The van der Waals surface area contributed by atoms with E-state index >= 15 is 0 Å². The topological polar surface area (TPSA) is 74.7 Å². The first-order valence-electron chi connectivity index (χ1n) is 6.58. The molecule has 1 aromatic carbocycles. The van der Waals surface area contributed by atoms with Gasteiger partial charge in [-0.1, -0.05) is 24.3 Å². The van der Waals surface area contributed by atoms with Crippen molar-refractivity contribution >= 4 is 15.8 Å². The lowest BCUT2D eigenvalue weighted by Gasteiger charge is -2.34. The minimum absolute atomic E-state index is 0.0947. The fraction of sp³-hybridized carbons (Fsp3) is 0.500. The number of carboxylic acids is 1. The Kier molecular flexibility index (Phi) is 4.45. The highest BCUT2D eigenvalue weighted by atomic mass is 32.2. The van der Waals surface area contributed by atoms with E-state index in [9.17, 15) is 18.3 Å². The summed E-state index contributed by atoms with van der Waals surface area (Å²) < 4.78 is 22.3. The lowest BCUT2D eigenvalue weighted by atomic mass is 9.94. The molecule has 0 bridgehead atoms. The van der Waals surface area contributed by atoms with Crippen LogP contribution >= 0.6 is 0 Å². The maximum Gasteiger partial charge on any atom is 0.321 e. The van der Waals surface area contributed by atoms with Crippen LogP contribution in [0.1, 0.15) is 17.5 Å². The van der Waals surface area contributed by atoms with Gasteiger partial charge in [-0.2, -0.15) is 0 Å². The maximum atomic E-state index is 11.4. The molecule has 0 aromatic heterocycles. The Morgan fingerprint density at radius 3 is 2.60 bits per heavy atom. The lowest BCUT2D eigenvalue weighted by Crippen LogP contribution is -2.46. The predicted molar refractivity (Wildman–Crippen MR) is 76.3 cm³/mol. The van der Waals surface area contributed by atoms with Crippen molar-refractivity contribution in [3.63, 3.8) is 0 Å². The van der Waals surface area contributed by atoms with Crippen LogP contribution in [-0.2, 0) is 27.6 Å². The third kappa shape index (κ3) is 3.80. The highest BCUT2D eigenvalue weighted by Gasteiger charge is 2.30. The second kappa shape index (κ2) is 5.93. The molecule has 110 valence electrons. The van der Waals surface area contributed by atoms with Gasteiger partial charge >= 0.3 is 5.97 Å². The summed E-state index contributed by atoms with van der Waals surface area (Å²) in [7, 11) is -3.00. The summed E-state index contributed by atoms with van der Waals surface area (Å²) in [6.45, 7) is 1.05. The first-order chi connectivity index (χ1) is 9.37. The van der Waals surface area contributed by atoms with E-state index in [4.69, 9.17) is 0 Å². The van der Waals surface area contributed by atoms with Gasteiger partial charge in [0.2, 0.25) is 0 Å². The number of hydrogen-bond donors (Lipinski definition) is 1. The Morgan fingerprint density at radius 2 is 2.00 bits per heavy atom. The third-order valence-corrected chi connectivity index (χ3v) is 4.62. The van der Waals surface area contributed by atoms with Crippen LogP contribution in [0.4, 0.5) is 0 Å². The van der Waals surface area contributed by atoms with Crippen molar-refractivity contribution in [1.29, 1.82) is 0 Å². The van der Waals surface area contributed by atoms with Gasteiger partial charge in [-0.15, -0.1) is 0 Å². The van der Waals surface area contributed by atoms with Crippen molar-refractivity contribution < 1.29 is 18.3 Å². The van der Waals surface area contributed by atoms with Gasteiger partial charge in [0.15, 0.2) is 0 Å². The Balaban J connectivity index is 2.08. The number of benzene rings is 1. The highest BCUT2D eigenvalue weighted by Crippen LogP contribution is 2.23. The first-order valence-corrected chi connectivity index (χ1v) is 8.64. The molecule has 20 heavy (non-hydrogen) atoms. The van der Waals surface area contributed by atoms with E-state index in [1.807, 2.05) is 29.2 Å². The van der Waals surface area contributed by atoms with Crippen molar-refractivity contribution in [3.8, 4) is 0 Å². The van der Waals surface area contributed by atoms with E-state index in [0.717, 1.165) is 11.1 Å². The van der Waals surface area contributed by atoms with Crippen molar-refractivity contribution in [2.75, 3.05) is 18.6 Å². The van der Waals surface area contributed by atoms with E-state index in [1.165, 1.54) is 6.26 Å². The largest absolute Gasteiger partial charge is 0.480 e. The SMILES string of the molecule is CS(=O)(=O)CCCN1Cc2ccccc2C[C@H]1C(=O)O. The predicted octanol–water partition coefficient (Wildman–Crippen LogP) is 0.933. The second-order valence-corrected chi connectivity index (χ2v) is 7.54. The van der Waals surface area contributed by atoms with Crippen LogP contribution in [0.3, 0.4) is 0 Å². The van der Waals surface area contributed by atoms with Gasteiger partial charge in [0.25, 0.3) is 0 Å². The second-order valence-electron chi connectivity index (χ2n) is 5.28. The average Bonchev–Trinajstić information content (AvgIpc) is 2.36. The van der Waals surface area contributed by atoms with Gasteiger partial charge in [-0.05, 0) is 24.0 Å². The number of carbonyl (C=O) groups is 1. The normalized spacial score (nSPS) is 19.6. The molecule has 0 spiro atoms. The molecule has 1 N–H and O–H groups in total. The number of carboxylic acid groups (broad SMARTS) is 1. The van der Waals surface area contributed by atoms with Crippen molar-refractivity contribution in [2.24, 2.45) is 0 Å². The van der Waals surface area contributed by atoms with Crippen LogP contribution in [0.2, 0.25) is 0 Å². The summed E-state index contributed by atoms with van der Waals surface area (Å²) in [6, 6.07) is 7.24. The molecular weight excluding hydrogens is 278 g/mol. The van der Waals surface area contributed by atoms with E-state index in [0.29, 0.717) is 25.9 Å². The van der Waals surface area contributed by atoms with Crippen LogP contribution in [0.15, 0.2) is 24.3 Å². The molecule has 0 radical (unpaired) electrons. The number of rotatable bonds is 5. The molecule has 0 saturated heterocycles. The molecule has 0 amide bonds. The summed E-state index contributed by atoms with van der Waals surface area (Å²) in [6.07, 6.45) is 2.14.